The Morgan fingerprint density at radius 1 is 0.281 bits per heavy atom. The fourth-order valence-corrected chi connectivity index (χ4v) is 8.65. The normalized spacial score (nSPS) is 11.0. The fourth-order valence-electron chi connectivity index (χ4n) is 8.65. The number of aromatic nitrogens is 1. The van der Waals surface area contributed by atoms with Crippen molar-refractivity contribution in [2.24, 2.45) is 0 Å². The number of anilines is 9. The van der Waals surface area contributed by atoms with E-state index in [2.05, 4.69) is 189 Å². The Balaban J connectivity index is 1.22. The predicted octanol–water partition coefficient (Wildman–Crippen LogP) is 15.2. The number of rotatable bonds is 13. The maximum atomic E-state index is 5.72. The molecule has 0 fully saturated rings. The van der Waals surface area contributed by atoms with Crippen LogP contribution in [0.15, 0.2) is 224 Å². The largest absolute Gasteiger partial charge is 0.497 e. The third-order valence-corrected chi connectivity index (χ3v) is 11.6. The van der Waals surface area contributed by atoms with Crippen LogP contribution in [0.2, 0.25) is 0 Å². The highest BCUT2D eigenvalue weighted by molar-refractivity contribution is 6.12. The molecule has 0 amide bonds. The lowest BCUT2D eigenvalue weighted by Crippen LogP contribution is -2.10. The molecule has 64 heavy (non-hydrogen) atoms. The van der Waals surface area contributed by atoms with Gasteiger partial charge in [-0.3, -0.25) is 0 Å². The molecule has 0 aliphatic heterocycles. The zero-order chi connectivity index (χ0) is 43.4. The minimum absolute atomic E-state index is 0.790. The number of fused-ring (bicyclic) bond motifs is 3. The summed E-state index contributed by atoms with van der Waals surface area (Å²) < 4.78 is 19.5. The topological polar surface area (TPSA) is 42.3 Å². The summed E-state index contributed by atoms with van der Waals surface area (Å²) in [5, 5.41) is 2.21. The number of nitrogens with zero attached hydrogens (tertiary/aromatic N) is 4. The van der Waals surface area contributed by atoms with Gasteiger partial charge in [-0.15, -0.1) is 0 Å². The maximum absolute atomic E-state index is 5.72. The molecule has 0 spiro atoms. The van der Waals surface area contributed by atoms with Gasteiger partial charge in [0.05, 0.1) is 32.4 Å². The van der Waals surface area contributed by atoms with E-state index in [0.29, 0.717) is 0 Å². The Labute approximate surface area is 373 Å². The van der Waals surface area contributed by atoms with E-state index in [1.165, 1.54) is 0 Å². The van der Waals surface area contributed by atoms with Gasteiger partial charge < -0.3 is 33.5 Å². The first-order chi connectivity index (χ1) is 31.6. The van der Waals surface area contributed by atoms with E-state index in [9.17, 15) is 0 Å². The molecule has 0 saturated carbocycles. The summed E-state index contributed by atoms with van der Waals surface area (Å²) in [7, 11) is 5.12. The van der Waals surface area contributed by atoms with E-state index in [-0.39, 0.29) is 0 Å². The first kappa shape index (κ1) is 39.7. The number of ether oxygens (including phenoxy) is 3. The number of methoxy groups -OCH3 is 3. The molecule has 7 heteroatoms. The SMILES string of the molecule is COc1cccc(N(c2ccccc2)c2cccc(-n3c4ccc(N(c5ccccc5)c5cccc(OC)c5)cc4c4cc(N(c5ccccc5)c5cccc(OC)c5)ccc43)c2)c1. The van der Waals surface area contributed by atoms with Crippen molar-refractivity contribution in [2.75, 3.05) is 36.0 Å². The summed E-state index contributed by atoms with van der Waals surface area (Å²) >= 11 is 0. The van der Waals surface area contributed by atoms with Crippen molar-refractivity contribution in [1.29, 1.82) is 0 Å². The predicted molar refractivity (Wildman–Crippen MR) is 264 cm³/mol. The molecular weight excluding hydrogens is 789 g/mol. The van der Waals surface area contributed by atoms with Gasteiger partial charge in [-0.05, 0) is 127 Å². The molecule has 0 saturated heterocycles. The molecule has 1 heterocycles. The second kappa shape index (κ2) is 17.5. The lowest BCUT2D eigenvalue weighted by atomic mass is 10.1. The first-order valence-corrected chi connectivity index (χ1v) is 21.3. The van der Waals surface area contributed by atoms with Crippen LogP contribution in [0.1, 0.15) is 0 Å². The van der Waals surface area contributed by atoms with E-state index in [0.717, 1.165) is 95.9 Å². The van der Waals surface area contributed by atoms with Crippen LogP contribution in [0.5, 0.6) is 17.2 Å². The van der Waals surface area contributed by atoms with Crippen LogP contribution in [0.3, 0.4) is 0 Å². The third-order valence-electron chi connectivity index (χ3n) is 11.6. The van der Waals surface area contributed by atoms with Gasteiger partial charge >= 0.3 is 0 Å². The van der Waals surface area contributed by atoms with Gasteiger partial charge in [-0.1, -0.05) is 78.9 Å². The molecule has 0 bridgehead atoms. The molecular formula is C57H46N4O3. The van der Waals surface area contributed by atoms with Crippen molar-refractivity contribution >= 4 is 73.0 Å². The van der Waals surface area contributed by atoms with E-state index in [4.69, 9.17) is 14.2 Å². The lowest BCUT2D eigenvalue weighted by molar-refractivity contribution is 0.415. The number of hydrogen-bond donors (Lipinski definition) is 0. The average molecular weight is 835 g/mol. The van der Waals surface area contributed by atoms with Gasteiger partial charge in [0, 0.05) is 85.8 Å². The van der Waals surface area contributed by atoms with Crippen LogP contribution in [-0.2, 0) is 0 Å². The highest BCUT2D eigenvalue weighted by Gasteiger charge is 2.22. The summed E-state index contributed by atoms with van der Waals surface area (Å²) in [6.07, 6.45) is 0. The van der Waals surface area contributed by atoms with Gasteiger partial charge in [0.25, 0.3) is 0 Å². The Bertz CT molecular complexity index is 3060. The van der Waals surface area contributed by atoms with Crippen LogP contribution in [0.4, 0.5) is 51.2 Å². The van der Waals surface area contributed by atoms with Gasteiger partial charge in [0.2, 0.25) is 0 Å². The average Bonchev–Trinajstić information content (AvgIpc) is 3.68. The van der Waals surface area contributed by atoms with Crippen LogP contribution in [0, 0.1) is 0 Å². The van der Waals surface area contributed by atoms with E-state index >= 15 is 0 Å². The zero-order valence-electron chi connectivity index (χ0n) is 35.9. The number of benzene rings is 9. The van der Waals surface area contributed by atoms with Crippen molar-refractivity contribution in [3.63, 3.8) is 0 Å². The molecule has 0 aliphatic rings. The molecule has 10 rings (SSSR count). The summed E-state index contributed by atoms with van der Waals surface area (Å²) in [4.78, 5) is 6.84. The molecule has 7 nitrogen and oxygen atoms in total. The summed E-state index contributed by atoms with van der Waals surface area (Å²) in [6, 6.07) is 78.4. The molecule has 312 valence electrons. The highest BCUT2D eigenvalue weighted by atomic mass is 16.5. The van der Waals surface area contributed by atoms with Crippen molar-refractivity contribution in [3.05, 3.63) is 224 Å². The summed E-state index contributed by atoms with van der Waals surface area (Å²) in [6.45, 7) is 0. The van der Waals surface area contributed by atoms with Crippen molar-refractivity contribution in [2.45, 2.75) is 0 Å². The highest BCUT2D eigenvalue weighted by Crippen LogP contribution is 2.44. The smallest absolute Gasteiger partial charge is 0.120 e. The quantitative estimate of drug-likeness (QED) is 0.115. The van der Waals surface area contributed by atoms with Gasteiger partial charge in [-0.25, -0.2) is 0 Å². The molecule has 1 aromatic heterocycles. The lowest BCUT2D eigenvalue weighted by Gasteiger charge is -2.26. The minimum atomic E-state index is 0.790. The molecule has 0 atom stereocenters. The van der Waals surface area contributed by atoms with Crippen LogP contribution in [0.25, 0.3) is 27.5 Å². The molecule has 0 radical (unpaired) electrons. The number of para-hydroxylation sites is 3. The Morgan fingerprint density at radius 2 is 0.594 bits per heavy atom. The zero-order valence-corrected chi connectivity index (χ0v) is 35.9. The van der Waals surface area contributed by atoms with Crippen LogP contribution < -0.4 is 28.9 Å². The molecule has 0 N–H and O–H groups in total. The monoisotopic (exact) mass is 834 g/mol. The molecule has 0 aliphatic carbocycles. The van der Waals surface area contributed by atoms with E-state index < -0.39 is 0 Å². The van der Waals surface area contributed by atoms with Gasteiger partial charge in [0.15, 0.2) is 0 Å². The summed E-state index contributed by atoms with van der Waals surface area (Å²) in [5.74, 6) is 2.37. The third kappa shape index (κ3) is 7.60. The van der Waals surface area contributed by atoms with Gasteiger partial charge in [-0.2, -0.15) is 0 Å². The second-order valence-electron chi connectivity index (χ2n) is 15.4. The fraction of sp³-hybridized carbons (Fsp3) is 0.0526. The van der Waals surface area contributed by atoms with Crippen LogP contribution >= 0.6 is 0 Å². The van der Waals surface area contributed by atoms with Crippen molar-refractivity contribution in [3.8, 4) is 22.9 Å². The standard InChI is InChI=1S/C57H46N4O3/c1-62-51-28-14-25-46(36-51)58(41-17-7-4-8-18-41)44-23-13-24-45(35-44)61-56-33-31-49(59(42-19-9-5-10-20-42)47-26-15-29-52(37-47)63-2)39-54(56)55-40-50(32-34-57(55)61)60(43-21-11-6-12-22-43)48-27-16-30-53(38-48)64-3/h4-40H,1-3H3. The molecule has 9 aromatic carbocycles. The first-order valence-electron chi connectivity index (χ1n) is 21.3. The molecule has 0 unspecified atom stereocenters. The van der Waals surface area contributed by atoms with E-state index in [1.807, 2.05) is 54.6 Å². The number of hydrogen-bond acceptors (Lipinski definition) is 6. The Kier molecular flexibility index (Phi) is 10.9. The Hall–Kier alpha value is -8.42. The second-order valence-corrected chi connectivity index (χ2v) is 15.4. The maximum Gasteiger partial charge on any atom is 0.120 e. The van der Waals surface area contributed by atoms with Crippen LogP contribution in [-0.4, -0.2) is 25.9 Å². The van der Waals surface area contributed by atoms with E-state index in [1.54, 1.807) is 21.3 Å². The minimum Gasteiger partial charge on any atom is -0.497 e. The molecule has 10 aromatic rings. The van der Waals surface area contributed by atoms with Crippen molar-refractivity contribution in [1.82, 2.24) is 4.57 Å². The van der Waals surface area contributed by atoms with Gasteiger partial charge in [0.1, 0.15) is 17.2 Å². The Morgan fingerprint density at radius 3 is 0.953 bits per heavy atom. The summed E-state index contributed by atoms with van der Waals surface area (Å²) in [5.41, 5.74) is 12.3. The van der Waals surface area contributed by atoms with Crippen molar-refractivity contribution < 1.29 is 14.2 Å².